The van der Waals surface area contributed by atoms with Crippen LogP contribution in [0.2, 0.25) is 0 Å². The van der Waals surface area contributed by atoms with Crippen LogP contribution in [0.1, 0.15) is 66.3 Å². The van der Waals surface area contributed by atoms with E-state index < -0.39 is 0 Å². The second-order valence-corrected chi connectivity index (χ2v) is 7.05. The van der Waals surface area contributed by atoms with Crippen LogP contribution in [0.3, 0.4) is 0 Å². The molecule has 2 aromatic rings. The molecule has 1 fully saturated rings. The number of nitrogens with one attached hydrogen (secondary N) is 2. The van der Waals surface area contributed by atoms with E-state index in [4.69, 9.17) is 0 Å². The maximum Gasteiger partial charge on any atom is 0.269 e. The lowest BCUT2D eigenvalue weighted by molar-refractivity contribution is 0.0916. The van der Waals surface area contributed by atoms with Crippen molar-refractivity contribution in [2.45, 2.75) is 63.5 Å². The number of carbonyl (C=O) groups is 1. The number of aryl methyl sites for hydroxylation is 2. The summed E-state index contributed by atoms with van der Waals surface area (Å²) in [4.78, 5) is 31.2. The van der Waals surface area contributed by atoms with Gasteiger partial charge in [-0.3, -0.25) is 9.59 Å². The Hall–Kier alpha value is -2.44. The molecule has 132 valence electrons. The number of H-pyrrole nitrogens is 1. The third kappa shape index (κ3) is 3.36. The summed E-state index contributed by atoms with van der Waals surface area (Å²) in [5.41, 5.74) is 2.73. The van der Waals surface area contributed by atoms with Gasteiger partial charge in [-0.25, -0.2) is 9.67 Å². The molecule has 0 aromatic carbocycles. The van der Waals surface area contributed by atoms with Gasteiger partial charge in [-0.2, -0.15) is 5.10 Å². The number of hydrogen-bond acceptors (Lipinski definition) is 4. The smallest absolute Gasteiger partial charge is 0.269 e. The fraction of sp³-hybridized carbons (Fsp3) is 0.556. The van der Waals surface area contributed by atoms with Crippen LogP contribution in [-0.4, -0.2) is 31.7 Å². The highest BCUT2D eigenvalue weighted by molar-refractivity contribution is 5.92. The molecule has 2 aliphatic carbocycles. The van der Waals surface area contributed by atoms with Crippen LogP contribution in [0, 0.1) is 0 Å². The van der Waals surface area contributed by atoms with E-state index in [9.17, 15) is 9.59 Å². The molecule has 0 atom stereocenters. The van der Waals surface area contributed by atoms with Crippen molar-refractivity contribution in [3.63, 3.8) is 0 Å². The molecular weight excluding hydrogens is 318 g/mol. The number of imidazole rings is 1. The first-order chi connectivity index (χ1) is 12.2. The molecule has 1 saturated carbocycles. The van der Waals surface area contributed by atoms with Crippen molar-refractivity contribution in [2.75, 3.05) is 0 Å². The number of rotatable bonds is 3. The van der Waals surface area contributed by atoms with Crippen molar-refractivity contribution in [1.29, 1.82) is 0 Å². The van der Waals surface area contributed by atoms with Crippen molar-refractivity contribution in [3.8, 4) is 0 Å². The highest BCUT2D eigenvalue weighted by atomic mass is 16.2. The molecule has 2 heterocycles. The van der Waals surface area contributed by atoms with Gasteiger partial charge in [-0.15, -0.1) is 0 Å². The monoisotopic (exact) mass is 341 g/mol. The van der Waals surface area contributed by atoms with Crippen molar-refractivity contribution in [3.05, 3.63) is 45.9 Å². The van der Waals surface area contributed by atoms with Gasteiger partial charge in [0.1, 0.15) is 5.69 Å². The van der Waals surface area contributed by atoms with Gasteiger partial charge in [0, 0.05) is 12.1 Å². The van der Waals surface area contributed by atoms with Crippen molar-refractivity contribution < 1.29 is 4.79 Å². The number of carbonyl (C=O) groups excluding carboxylic acids is 1. The van der Waals surface area contributed by atoms with E-state index in [-0.39, 0.29) is 23.6 Å². The summed E-state index contributed by atoms with van der Waals surface area (Å²) in [6.45, 7) is 0. The van der Waals surface area contributed by atoms with Crippen molar-refractivity contribution >= 4 is 5.91 Å². The molecule has 0 bridgehead atoms. The van der Waals surface area contributed by atoms with E-state index in [1.165, 1.54) is 12.5 Å². The number of nitrogens with zero attached hydrogens (tertiary/aromatic N) is 3. The van der Waals surface area contributed by atoms with E-state index in [0.29, 0.717) is 5.69 Å². The largest absolute Gasteiger partial charge is 0.348 e. The summed E-state index contributed by atoms with van der Waals surface area (Å²) in [5.74, 6) is -0.120. The Kier molecular flexibility index (Phi) is 4.38. The van der Waals surface area contributed by atoms with E-state index in [1.807, 2.05) is 0 Å². The molecule has 4 rings (SSSR count). The SMILES string of the molecule is O=C(NC1CCC(n2nc3c(cc2=O)CCCC3)CC1)c1cnc[nH]1. The summed E-state index contributed by atoms with van der Waals surface area (Å²) in [7, 11) is 0. The summed E-state index contributed by atoms with van der Waals surface area (Å²) in [6.07, 6.45) is 10.7. The van der Waals surface area contributed by atoms with Crippen LogP contribution in [0.5, 0.6) is 0 Å². The minimum Gasteiger partial charge on any atom is -0.348 e. The average Bonchev–Trinajstić information content (AvgIpc) is 3.17. The third-order valence-corrected chi connectivity index (χ3v) is 5.35. The second kappa shape index (κ2) is 6.82. The zero-order valence-electron chi connectivity index (χ0n) is 14.2. The quantitative estimate of drug-likeness (QED) is 0.890. The van der Waals surface area contributed by atoms with Gasteiger partial charge in [0.05, 0.1) is 24.3 Å². The van der Waals surface area contributed by atoms with Crippen LogP contribution < -0.4 is 10.9 Å². The molecule has 25 heavy (non-hydrogen) atoms. The molecule has 2 N–H and O–H groups in total. The number of fused-ring (bicyclic) bond motifs is 1. The predicted molar refractivity (Wildman–Crippen MR) is 92.5 cm³/mol. The van der Waals surface area contributed by atoms with E-state index in [1.54, 1.807) is 10.7 Å². The molecule has 1 amide bonds. The predicted octanol–water partition coefficient (Wildman–Crippen LogP) is 1.76. The van der Waals surface area contributed by atoms with Crippen LogP contribution in [0.15, 0.2) is 23.4 Å². The van der Waals surface area contributed by atoms with Gasteiger partial charge in [-0.05, 0) is 56.9 Å². The molecule has 0 radical (unpaired) electrons. The topological polar surface area (TPSA) is 92.7 Å². The van der Waals surface area contributed by atoms with Crippen LogP contribution >= 0.6 is 0 Å². The van der Waals surface area contributed by atoms with E-state index >= 15 is 0 Å². The normalized spacial score (nSPS) is 23.0. The van der Waals surface area contributed by atoms with Gasteiger partial charge in [-0.1, -0.05) is 0 Å². The molecule has 7 heteroatoms. The maximum atomic E-state index is 12.4. The molecule has 0 saturated heterocycles. The zero-order valence-corrected chi connectivity index (χ0v) is 14.2. The lowest BCUT2D eigenvalue weighted by atomic mass is 9.91. The van der Waals surface area contributed by atoms with Crippen molar-refractivity contribution in [2.24, 2.45) is 0 Å². The number of aromatic nitrogens is 4. The highest BCUT2D eigenvalue weighted by Gasteiger charge is 2.26. The van der Waals surface area contributed by atoms with Crippen LogP contribution in [0.4, 0.5) is 0 Å². The summed E-state index contributed by atoms with van der Waals surface area (Å²) in [6, 6.07) is 2.06. The van der Waals surface area contributed by atoms with Gasteiger partial charge in [0.25, 0.3) is 11.5 Å². The Morgan fingerprint density at radius 3 is 2.76 bits per heavy atom. The summed E-state index contributed by atoms with van der Waals surface area (Å²) < 4.78 is 1.69. The van der Waals surface area contributed by atoms with E-state index in [0.717, 1.165) is 62.6 Å². The molecule has 2 aromatic heterocycles. The van der Waals surface area contributed by atoms with Gasteiger partial charge in [0.2, 0.25) is 0 Å². The highest BCUT2D eigenvalue weighted by Crippen LogP contribution is 2.28. The van der Waals surface area contributed by atoms with Gasteiger partial charge >= 0.3 is 0 Å². The number of hydrogen-bond donors (Lipinski definition) is 2. The first-order valence-corrected chi connectivity index (χ1v) is 9.11. The molecule has 0 spiro atoms. The van der Waals surface area contributed by atoms with Crippen molar-refractivity contribution in [1.82, 2.24) is 25.1 Å². The van der Waals surface area contributed by atoms with Gasteiger partial charge < -0.3 is 10.3 Å². The number of amides is 1. The first kappa shape index (κ1) is 16.1. The zero-order chi connectivity index (χ0) is 17.2. The Morgan fingerprint density at radius 2 is 2.00 bits per heavy atom. The Morgan fingerprint density at radius 1 is 1.20 bits per heavy atom. The Labute approximate surface area is 145 Å². The fourth-order valence-corrected chi connectivity index (χ4v) is 3.95. The molecule has 2 aliphatic rings. The summed E-state index contributed by atoms with van der Waals surface area (Å²) in [5, 5.41) is 7.71. The average molecular weight is 341 g/mol. The standard InChI is InChI=1S/C18H23N5O2/c24-17-9-12-3-1-2-4-15(12)22-23(17)14-7-5-13(6-8-14)21-18(25)16-10-19-11-20-16/h9-11,13-14H,1-8H2,(H,19,20)(H,21,25). The third-order valence-electron chi connectivity index (χ3n) is 5.35. The second-order valence-electron chi connectivity index (χ2n) is 7.05. The maximum absolute atomic E-state index is 12.4. The molecule has 7 nitrogen and oxygen atoms in total. The minimum absolute atomic E-state index is 0.0191. The van der Waals surface area contributed by atoms with Gasteiger partial charge in [0.15, 0.2) is 0 Å². The lowest BCUT2D eigenvalue weighted by Crippen LogP contribution is -2.40. The Bertz CT molecular complexity index is 803. The van der Waals surface area contributed by atoms with E-state index in [2.05, 4.69) is 20.4 Å². The molecule has 0 aliphatic heterocycles. The number of aromatic amines is 1. The Balaban J connectivity index is 1.40. The van der Waals surface area contributed by atoms with Crippen LogP contribution in [-0.2, 0) is 12.8 Å². The first-order valence-electron chi connectivity index (χ1n) is 9.11. The lowest BCUT2D eigenvalue weighted by Gasteiger charge is -2.30. The fourth-order valence-electron chi connectivity index (χ4n) is 3.95. The molecule has 0 unspecified atom stereocenters. The summed E-state index contributed by atoms with van der Waals surface area (Å²) >= 11 is 0. The van der Waals surface area contributed by atoms with Crippen LogP contribution in [0.25, 0.3) is 0 Å². The minimum atomic E-state index is -0.120. The molecular formula is C18H23N5O2.